The molecule has 0 heterocycles. The minimum atomic E-state index is -4.08. The summed E-state index contributed by atoms with van der Waals surface area (Å²) in [4.78, 5) is 14.0. The van der Waals surface area contributed by atoms with Gasteiger partial charge in [0.1, 0.15) is 0 Å². The third kappa shape index (κ3) is 5.37. The van der Waals surface area contributed by atoms with E-state index in [0.717, 1.165) is 44.9 Å². The third-order valence-electron chi connectivity index (χ3n) is 11.4. The van der Waals surface area contributed by atoms with Crippen molar-refractivity contribution in [2.45, 2.75) is 97.2 Å². The van der Waals surface area contributed by atoms with Crippen LogP contribution in [0.1, 0.15) is 85.0 Å². The minimum absolute atomic E-state index is 0. The fraction of sp³-hybridized carbons (Fsp3) is 0.963. The molecule has 36 heavy (non-hydrogen) atoms. The van der Waals surface area contributed by atoms with Crippen molar-refractivity contribution >= 4 is 16.0 Å². The molecule has 0 radical (unpaired) electrons. The lowest BCUT2D eigenvalue weighted by Gasteiger charge is -2.62. The van der Waals surface area contributed by atoms with Gasteiger partial charge < -0.3 is 21.3 Å². The summed E-state index contributed by atoms with van der Waals surface area (Å²) >= 11 is 0. The first-order chi connectivity index (χ1) is 16.3. The van der Waals surface area contributed by atoms with Crippen LogP contribution in [0.5, 0.6) is 0 Å². The summed E-state index contributed by atoms with van der Waals surface area (Å²) in [5, 5.41) is 21.9. The predicted octanol–water partition coefficient (Wildman–Crippen LogP) is 3.90. The monoisotopic (exact) mass is 530 g/mol. The Morgan fingerprint density at radius 2 is 1.75 bits per heavy atom. The fourth-order valence-electron chi connectivity index (χ4n) is 9.28. The molecule has 0 aromatic carbocycles. The molecule has 0 bridgehead atoms. The number of carbonyl (C=O) groups is 1. The molecule has 9 heteroatoms. The van der Waals surface area contributed by atoms with Gasteiger partial charge in [-0.2, -0.15) is 8.42 Å². The summed E-state index contributed by atoms with van der Waals surface area (Å²) in [5.41, 5.74) is 0.102. The Labute approximate surface area is 217 Å². The minimum Gasteiger partial charge on any atom is -0.393 e. The quantitative estimate of drug-likeness (QED) is 0.364. The number of aliphatic hydroxyl groups excluding tert-OH is 2. The van der Waals surface area contributed by atoms with Crippen LogP contribution < -0.4 is 6.15 Å². The first kappa shape index (κ1) is 29.8. The SMILES string of the molecule is C[C@H](CCC(=O)N(C)CCS(=O)(=O)O)[C@H]1CCC2C3CCC4C[C@H](O)CC[C@]4(C)C3C[C@H](O)[C@@]21C.N. The van der Waals surface area contributed by atoms with Gasteiger partial charge in [-0.25, -0.2) is 0 Å². The van der Waals surface area contributed by atoms with Gasteiger partial charge in [-0.05, 0) is 104 Å². The summed E-state index contributed by atoms with van der Waals surface area (Å²) < 4.78 is 30.9. The van der Waals surface area contributed by atoms with Crippen molar-refractivity contribution in [3.63, 3.8) is 0 Å². The highest BCUT2D eigenvalue weighted by Gasteiger charge is 2.63. The first-order valence-corrected chi connectivity index (χ1v) is 15.4. The molecule has 0 aliphatic heterocycles. The average molecular weight is 531 g/mol. The summed E-state index contributed by atoms with van der Waals surface area (Å²) in [6, 6.07) is 0. The summed E-state index contributed by atoms with van der Waals surface area (Å²) in [7, 11) is -2.50. The van der Waals surface area contributed by atoms with Gasteiger partial charge in [0, 0.05) is 20.0 Å². The number of carbonyl (C=O) groups excluding carboxylic acids is 1. The van der Waals surface area contributed by atoms with E-state index >= 15 is 0 Å². The topological polar surface area (TPSA) is 150 Å². The largest absolute Gasteiger partial charge is 0.393 e. The number of amides is 1. The van der Waals surface area contributed by atoms with E-state index in [9.17, 15) is 23.4 Å². The Morgan fingerprint density at radius 1 is 1.06 bits per heavy atom. The zero-order valence-electron chi connectivity index (χ0n) is 22.7. The second kappa shape index (κ2) is 10.8. The maximum absolute atomic E-state index is 12.6. The van der Waals surface area contributed by atoms with Crippen LogP contribution in [-0.4, -0.2) is 65.5 Å². The van der Waals surface area contributed by atoms with Crippen LogP contribution in [0.4, 0.5) is 0 Å². The standard InChI is InChI=1S/C27H47NO6S.H3N/c1-17(5-10-25(31)28(4)13-14-35(32,33)34)21-8-9-22-20-7-6-18-15-19(29)11-12-26(18,2)23(20)16-24(30)27(21,22)3;/h17-24,29-30H,5-16H2,1-4H3,(H,32,33,34);1H3/t17-,18?,19-,20?,21-,22?,23?,24+,26+,27-;/m1./s1. The van der Waals surface area contributed by atoms with Crippen molar-refractivity contribution in [3.05, 3.63) is 0 Å². The van der Waals surface area contributed by atoms with E-state index in [2.05, 4.69) is 20.8 Å². The first-order valence-electron chi connectivity index (χ1n) is 13.8. The number of hydrogen-bond acceptors (Lipinski definition) is 6. The Kier molecular flexibility index (Phi) is 8.94. The van der Waals surface area contributed by atoms with Gasteiger partial charge in [0.25, 0.3) is 10.1 Å². The smallest absolute Gasteiger partial charge is 0.266 e. The zero-order valence-corrected chi connectivity index (χ0v) is 23.5. The number of rotatable bonds is 7. The van der Waals surface area contributed by atoms with E-state index in [4.69, 9.17) is 4.55 Å². The second-order valence-electron chi connectivity index (χ2n) is 13.0. The van der Waals surface area contributed by atoms with Crippen LogP contribution in [-0.2, 0) is 14.9 Å². The van der Waals surface area contributed by atoms with Gasteiger partial charge >= 0.3 is 0 Å². The van der Waals surface area contributed by atoms with Crippen molar-refractivity contribution in [1.29, 1.82) is 0 Å². The van der Waals surface area contributed by atoms with E-state index in [1.165, 1.54) is 17.7 Å². The highest BCUT2D eigenvalue weighted by Crippen LogP contribution is 2.68. The summed E-state index contributed by atoms with van der Waals surface area (Å²) in [6.45, 7) is 6.96. The Morgan fingerprint density at radius 3 is 2.42 bits per heavy atom. The molecule has 4 rings (SSSR count). The van der Waals surface area contributed by atoms with E-state index in [1.807, 2.05) is 0 Å². The van der Waals surface area contributed by atoms with E-state index in [-0.39, 0.29) is 41.6 Å². The fourth-order valence-corrected chi connectivity index (χ4v) is 9.78. The molecule has 210 valence electrons. The lowest BCUT2D eigenvalue weighted by Crippen LogP contribution is -2.58. The van der Waals surface area contributed by atoms with Crippen LogP contribution in [0, 0.1) is 46.3 Å². The lowest BCUT2D eigenvalue weighted by molar-refractivity contribution is -0.175. The average Bonchev–Trinajstić information content (AvgIpc) is 3.15. The van der Waals surface area contributed by atoms with Gasteiger partial charge in [-0.1, -0.05) is 20.8 Å². The number of hydrogen-bond donors (Lipinski definition) is 4. The Hall–Kier alpha value is -0.740. The lowest BCUT2D eigenvalue weighted by atomic mass is 9.43. The van der Waals surface area contributed by atoms with Gasteiger partial charge in [0.05, 0.1) is 18.0 Å². The van der Waals surface area contributed by atoms with Crippen molar-refractivity contribution < 1.29 is 28.0 Å². The van der Waals surface area contributed by atoms with Crippen LogP contribution in [0.2, 0.25) is 0 Å². The molecule has 4 aliphatic carbocycles. The van der Waals surface area contributed by atoms with Crippen LogP contribution in [0.3, 0.4) is 0 Å². The van der Waals surface area contributed by atoms with Crippen molar-refractivity contribution in [2.24, 2.45) is 46.3 Å². The number of fused-ring (bicyclic) bond motifs is 5. The zero-order chi connectivity index (χ0) is 25.8. The molecule has 0 aromatic rings. The van der Waals surface area contributed by atoms with Crippen molar-refractivity contribution in [2.75, 3.05) is 19.3 Å². The third-order valence-corrected chi connectivity index (χ3v) is 12.1. The van der Waals surface area contributed by atoms with Gasteiger partial charge in [-0.15, -0.1) is 0 Å². The van der Waals surface area contributed by atoms with Gasteiger partial charge in [0.2, 0.25) is 5.91 Å². The van der Waals surface area contributed by atoms with Crippen molar-refractivity contribution in [1.82, 2.24) is 11.1 Å². The highest BCUT2D eigenvalue weighted by molar-refractivity contribution is 7.85. The molecule has 0 saturated heterocycles. The Bertz CT molecular complexity index is 899. The maximum Gasteiger partial charge on any atom is 0.266 e. The van der Waals surface area contributed by atoms with Gasteiger partial charge in [0.15, 0.2) is 0 Å². The molecule has 0 aromatic heterocycles. The van der Waals surface area contributed by atoms with Crippen LogP contribution in [0.25, 0.3) is 0 Å². The van der Waals surface area contributed by atoms with Crippen LogP contribution >= 0.6 is 0 Å². The summed E-state index contributed by atoms with van der Waals surface area (Å²) in [6.07, 6.45) is 8.98. The molecule has 6 N–H and O–H groups in total. The normalized spacial score (nSPS) is 42.9. The number of nitrogens with zero attached hydrogens (tertiary/aromatic N) is 1. The van der Waals surface area contributed by atoms with E-state index < -0.39 is 15.9 Å². The van der Waals surface area contributed by atoms with Crippen LogP contribution in [0.15, 0.2) is 0 Å². The predicted molar refractivity (Wildman–Crippen MR) is 140 cm³/mol. The molecular formula is C27H50N2O6S. The molecule has 8 nitrogen and oxygen atoms in total. The molecule has 1 amide bonds. The molecule has 0 spiro atoms. The highest BCUT2D eigenvalue weighted by atomic mass is 32.2. The van der Waals surface area contributed by atoms with E-state index in [0.29, 0.717) is 41.9 Å². The molecule has 10 atom stereocenters. The van der Waals surface area contributed by atoms with Gasteiger partial charge in [-0.3, -0.25) is 9.35 Å². The molecule has 4 fully saturated rings. The molecule has 4 unspecified atom stereocenters. The van der Waals surface area contributed by atoms with Crippen molar-refractivity contribution in [3.8, 4) is 0 Å². The van der Waals surface area contributed by atoms with E-state index in [1.54, 1.807) is 7.05 Å². The summed E-state index contributed by atoms with van der Waals surface area (Å²) in [5.74, 6) is 2.39. The molecule has 4 saturated carbocycles. The second-order valence-corrected chi connectivity index (χ2v) is 14.6. The molecule has 4 aliphatic rings. The molecular weight excluding hydrogens is 480 g/mol. The number of aliphatic hydroxyl groups is 2. The Balaban J connectivity index is 0.00000361. The maximum atomic E-state index is 12.6.